The van der Waals surface area contributed by atoms with Gasteiger partial charge in [0.15, 0.2) is 0 Å². The van der Waals surface area contributed by atoms with Crippen LogP contribution in [0.25, 0.3) is 0 Å². The predicted molar refractivity (Wildman–Crippen MR) is 9.31 cm³/mol. The average Bonchev–Trinajstić information content (AvgIpc) is 1.00. The molecule has 5 heteroatoms. The van der Waals surface area contributed by atoms with Crippen LogP contribution in [0.4, 0.5) is 9.41 Å². The summed E-state index contributed by atoms with van der Waals surface area (Å²) < 4.78 is 8.34. The Bertz CT molecular complexity index is 7.61. The summed E-state index contributed by atoms with van der Waals surface area (Å²) in [6, 6.07) is 0. The molecule has 2 N–H and O–H groups in total. The first kappa shape index (κ1) is 49.4. The van der Waals surface area contributed by atoms with Crippen molar-refractivity contribution >= 4 is 0 Å². The van der Waals surface area contributed by atoms with Crippen molar-refractivity contribution < 1.29 is 42.4 Å². The maximum absolute atomic E-state index is 8.34. The SMILES string of the molecule is F.F.O.[O]=[Zr]. The van der Waals surface area contributed by atoms with E-state index in [9.17, 15) is 0 Å². The van der Waals surface area contributed by atoms with Gasteiger partial charge >= 0.3 is 27.5 Å². The van der Waals surface area contributed by atoms with Crippen LogP contribution in [0.3, 0.4) is 0 Å². The van der Waals surface area contributed by atoms with E-state index in [-0.39, 0.29) is 14.9 Å². The van der Waals surface area contributed by atoms with Crippen molar-refractivity contribution in [3.8, 4) is 0 Å². The average molecular weight is 165 g/mol. The van der Waals surface area contributed by atoms with Gasteiger partial charge in [-0.1, -0.05) is 0 Å². The molecule has 0 bridgehead atoms. The second-order valence-electron chi connectivity index (χ2n) is 0. The second-order valence-corrected chi connectivity index (χ2v) is 0. The van der Waals surface area contributed by atoms with Crippen LogP contribution in [0.2, 0.25) is 0 Å². The van der Waals surface area contributed by atoms with Gasteiger partial charge in [-0.05, 0) is 0 Å². The van der Waals surface area contributed by atoms with Gasteiger partial charge in [0.25, 0.3) is 0 Å². The van der Waals surface area contributed by atoms with Crippen LogP contribution in [0.5, 0.6) is 0 Å². The van der Waals surface area contributed by atoms with Crippen molar-refractivity contribution in [2.75, 3.05) is 0 Å². The molecule has 2 nitrogen and oxygen atoms in total. The summed E-state index contributed by atoms with van der Waals surface area (Å²) in [6.07, 6.45) is 0. The van der Waals surface area contributed by atoms with Crippen LogP contribution in [-0.2, 0) is 27.5 Å². The summed E-state index contributed by atoms with van der Waals surface area (Å²) in [4.78, 5) is 0. The molecule has 0 fully saturated rings. The molecular formula is H4F2O2Zr. The molecule has 0 saturated heterocycles. The summed E-state index contributed by atoms with van der Waals surface area (Å²) in [7, 11) is 0. The van der Waals surface area contributed by atoms with Gasteiger partial charge in [0.2, 0.25) is 0 Å². The molecule has 5 heavy (non-hydrogen) atoms. The number of hydrogen-bond acceptors (Lipinski definition) is 1. The van der Waals surface area contributed by atoms with E-state index in [1.165, 1.54) is 0 Å². The van der Waals surface area contributed by atoms with Gasteiger partial charge in [-0.25, -0.2) is 0 Å². The van der Waals surface area contributed by atoms with Gasteiger partial charge in [0, 0.05) is 0 Å². The van der Waals surface area contributed by atoms with Crippen molar-refractivity contribution in [2.45, 2.75) is 0 Å². The van der Waals surface area contributed by atoms with Gasteiger partial charge in [-0.2, -0.15) is 0 Å². The summed E-state index contributed by atoms with van der Waals surface area (Å²) >= 11 is 0.300. The molecule has 0 aromatic carbocycles. The number of rotatable bonds is 0. The molecular weight excluding hydrogens is 161 g/mol. The monoisotopic (exact) mass is 164 g/mol. The zero-order chi connectivity index (χ0) is 2.00. The molecule has 0 aliphatic rings. The molecule has 0 aliphatic carbocycles. The molecule has 34 valence electrons. The molecule has 0 unspecified atom stereocenters. The van der Waals surface area contributed by atoms with Gasteiger partial charge < -0.3 is 5.48 Å². The molecule has 0 saturated carbocycles. The Morgan fingerprint density at radius 3 is 1.00 bits per heavy atom. The van der Waals surface area contributed by atoms with Crippen molar-refractivity contribution in [1.82, 2.24) is 0 Å². The third kappa shape index (κ3) is 111. The fourth-order valence-electron chi connectivity index (χ4n) is 0. The Kier molecular flexibility index (Phi) is 2160. The summed E-state index contributed by atoms with van der Waals surface area (Å²) in [6.45, 7) is 0. The molecule has 0 aromatic rings. The van der Waals surface area contributed by atoms with E-state index in [1.54, 1.807) is 0 Å². The van der Waals surface area contributed by atoms with Crippen LogP contribution in [0.15, 0.2) is 0 Å². The molecule has 0 amide bonds. The fraction of sp³-hybridized carbons (Fsp3) is 0. The normalized spacial score (nSPS) is 0.600. The van der Waals surface area contributed by atoms with Crippen LogP contribution >= 0.6 is 0 Å². The third-order valence-corrected chi connectivity index (χ3v) is 0. The van der Waals surface area contributed by atoms with Crippen LogP contribution < -0.4 is 0 Å². The Morgan fingerprint density at radius 2 is 1.00 bits per heavy atom. The first-order valence-corrected chi connectivity index (χ1v) is 1.21. The molecule has 0 heterocycles. The van der Waals surface area contributed by atoms with E-state index in [4.69, 9.17) is 2.81 Å². The third-order valence-electron chi connectivity index (χ3n) is 0. The standard InChI is InChI=1S/2FH.H2O.O.Zr/h2*1H;1H2;;. The first-order chi connectivity index (χ1) is 1.00. The molecule has 0 aliphatic heterocycles. The van der Waals surface area contributed by atoms with Gasteiger partial charge in [0.1, 0.15) is 0 Å². The van der Waals surface area contributed by atoms with E-state index in [0.29, 0.717) is 24.7 Å². The van der Waals surface area contributed by atoms with Crippen molar-refractivity contribution in [3.05, 3.63) is 0 Å². The fourth-order valence-corrected chi connectivity index (χ4v) is 0. The van der Waals surface area contributed by atoms with E-state index < -0.39 is 0 Å². The zero-order valence-electron chi connectivity index (χ0n) is 2.22. The number of halogens is 2. The van der Waals surface area contributed by atoms with Gasteiger partial charge in [-0.15, -0.1) is 0 Å². The van der Waals surface area contributed by atoms with E-state index in [0.717, 1.165) is 0 Å². The minimum atomic E-state index is 0. The second kappa shape index (κ2) is 218. The van der Waals surface area contributed by atoms with Crippen LogP contribution in [-0.4, -0.2) is 5.48 Å². The first-order valence-electron chi connectivity index (χ1n) is 0.204. The number of hydrogen-bond donors (Lipinski definition) is 0. The summed E-state index contributed by atoms with van der Waals surface area (Å²) in [5.41, 5.74) is 0. The van der Waals surface area contributed by atoms with E-state index in [1.807, 2.05) is 0 Å². The summed E-state index contributed by atoms with van der Waals surface area (Å²) in [5.74, 6) is 0. The molecule has 0 radical (unpaired) electrons. The Morgan fingerprint density at radius 1 is 1.00 bits per heavy atom. The Balaban J connectivity index is -0.00000000167. The quantitative estimate of drug-likeness (QED) is 0.471. The van der Waals surface area contributed by atoms with Crippen molar-refractivity contribution in [2.24, 2.45) is 0 Å². The van der Waals surface area contributed by atoms with Gasteiger partial charge in [-0.3, -0.25) is 9.41 Å². The zero-order valence-corrected chi connectivity index (χ0v) is 4.68. The Labute approximate surface area is 42.9 Å². The van der Waals surface area contributed by atoms with Crippen LogP contribution in [0.1, 0.15) is 0 Å². The maximum atomic E-state index is 8.34. The van der Waals surface area contributed by atoms with E-state index >= 15 is 0 Å². The minimum absolute atomic E-state index is 0. The molecule has 0 rings (SSSR count). The topological polar surface area (TPSA) is 48.6 Å². The molecule has 0 atom stereocenters. The van der Waals surface area contributed by atoms with Crippen molar-refractivity contribution in [3.63, 3.8) is 0 Å². The Hall–Kier alpha value is 0.503. The van der Waals surface area contributed by atoms with Gasteiger partial charge in [0.05, 0.1) is 0 Å². The van der Waals surface area contributed by atoms with Crippen LogP contribution in [0, 0.1) is 0 Å². The predicted octanol–water partition coefficient (Wildman–Crippen LogP) is -0.641. The van der Waals surface area contributed by atoms with E-state index in [2.05, 4.69) is 0 Å². The molecule has 0 spiro atoms. The van der Waals surface area contributed by atoms with Crippen molar-refractivity contribution in [1.29, 1.82) is 0 Å². The summed E-state index contributed by atoms with van der Waals surface area (Å²) in [5, 5.41) is 0. The molecule has 0 aromatic heterocycles.